The van der Waals surface area contributed by atoms with E-state index in [0.29, 0.717) is 23.3 Å². The Hall–Kier alpha value is -3.23. The van der Waals surface area contributed by atoms with Crippen molar-refractivity contribution in [2.75, 3.05) is 13.7 Å². The second-order valence-corrected chi connectivity index (χ2v) is 8.80. The number of benzene rings is 1. The molecule has 1 aliphatic heterocycles. The number of aromatic amines is 1. The number of halogens is 2. The number of hydrogen-bond acceptors (Lipinski definition) is 4. The fraction of sp³-hybridized carbons (Fsp3) is 0.292. The lowest BCUT2D eigenvalue weighted by molar-refractivity contribution is 0.0780. The summed E-state index contributed by atoms with van der Waals surface area (Å²) < 4.78 is 16.2. The first kappa shape index (κ1) is 21.6. The zero-order chi connectivity index (χ0) is 23.4. The first-order valence-corrected chi connectivity index (χ1v) is 11.1. The Labute approximate surface area is 194 Å². The topological polar surface area (TPSA) is 87.0 Å². The Kier molecular flexibility index (Phi) is 5.22. The number of nitrogens with zero attached hydrogens (tertiary/aromatic N) is 4. The number of aromatic nitrogens is 4. The van der Waals surface area contributed by atoms with Gasteiger partial charge in [0.15, 0.2) is 0 Å². The smallest absolute Gasteiger partial charge is 0.254 e. The summed E-state index contributed by atoms with van der Waals surface area (Å²) in [4.78, 5) is 22.9. The molecule has 0 radical (unpaired) electrons. The minimum absolute atomic E-state index is 0.0564. The van der Waals surface area contributed by atoms with Crippen LogP contribution in [0.3, 0.4) is 0 Å². The van der Waals surface area contributed by atoms with Crippen molar-refractivity contribution in [3.05, 3.63) is 69.5 Å². The average molecular weight is 468 g/mol. The van der Waals surface area contributed by atoms with Crippen molar-refractivity contribution in [3.8, 4) is 11.1 Å². The summed E-state index contributed by atoms with van der Waals surface area (Å²) in [6.45, 7) is 4.28. The maximum atomic E-state index is 14.5. The molecule has 7 nitrogen and oxygen atoms in total. The lowest BCUT2D eigenvalue weighted by Gasteiger charge is -2.24. The van der Waals surface area contributed by atoms with Crippen LogP contribution in [0.15, 0.2) is 30.6 Å². The Balaban J connectivity index is 1.85. The molecule has 2 N–H and O–H groups in total. The maximum Gasteiger partial charge on any atom is 0.254 e. The predicted octanol–water partition coefficient (Wildman–Crippen LogP) is 4.26. The van der Waals surface area contributed by atoms with Crippen LogP contribution >= 0.6 is 11.6 Å². The fourth-order valence-corrected chi connectivity index (χ4v) is 5.13. The molecule has 0 saturated carbocycles. The van der Waals surface area contributed by atoms with Gasteiger partial charge >= 0.3 is 0 Å². The van der Waals surface area contributed by atoms with Crippen LogP contribution in [0.2, 0.25) is 5.02 Å². The summed E-state index contributed by atoms with van der Waals surface area (Å²) in [7, 11) is 1.69. The number of pyridine rings is 1. The van der Waals surface area contributed by atoms with E-state index in [2.05, 4.69) is 15.1 Å². The number of amides is 1. The molecular weight excluding hydrogens is 445 g/mol. The molecule has 5 rings (SSSR count). The normalized spacial score (nSPS) is 16.0. The van der Waals surface area contributed by atoms with E-state index in [0.717, 1.165) is 33.5 Å². The molecule has 33 heavy (non-hydrogen) atoms. The highest BCUT2D eigenvalue weighted by Gasteiger charge is 2.29. The number of aliphatic hydroxyl groups excluding tert-OH is 1. The molecule has 1 aromatic carbocycles. The third-order valence-electron chi connectivity index (χ3n) is 6.39. The van der Waals surface area contributed by atoms with Crippen molar-refractivity contribution < 1.29 is 14.3 Å². The molecule has 0 saturated heterocycles. The number of carbonyl (C=O) groups excluding carboxylic acids is 1. The highest BCUT2D eigenvalue weighted by atomic mass is 35.5. The van der Waals surface area contributed by atoms with Gasteiger partial charge in [-0.25, -0.2) is 9.37 Å². The number of nitrogens with one attached hydrogen (secondary N) is 1. The molecule has 1 aliphatic rings. The van der Waals surface area contributed by atoms with Crippen LogP contribution in [0.4, 0.5) is 4.39 Å². The Morgan fingerprint density at radius 1 is 1.36 bits per heavy atom. The number of hydrogen-bond donors (Lipinski definition) is 2. The average Bonchev–Trinajstić information content (AvgIpc) is 3.34. The number of rotatable bonds is 2. The predicted molar refractivity (Wildman–Crippen MR) is 124 cm³/mol. The minimum atomic E-state index is -0.567. The van der Waals surface area contributed by atoms with E-state index in [1.807, 2.05) is 26.1 Å². The van der Waals surface area contributed by atoms with Gasteiger partial charge in [-0.2, -0.15) is 5.10 Å². The van der Waals surface area contributed by atoms with E-state index in [4.69, 9.17) is 11.6 Å². The van der Waals surface area contributed by atoms with Crippen molar-refractivity contribution >= 4 is 28.5 Å². The standard InChI is InChI=1S/C24H23ClFN5O2/c1-12-17-10-28-23-16(17)8-14(9-27-23)21-13(2)29-31(6-7-32)19(21)11-30(3)24(33)15-4-5-18(26)22(25)20(12)15/h4-5,8-10,12,32H,6-7,11H2,1-3H3,(H,27,28)/t12-/m0/s1. The summed E-state index contributed by atoms with van der Waals surface area (Å²) in [5.41, 5.74) is 5.67. The molecule has 170 valence electrons. The van der Waals surface area contributed by atoms with Gasteiger partial charge in [-0.3, -0.25) is 9.48 Å². The van der Waals surface area contributed by atoms with Crippen LogP contribution in [-0.2, 0) is 13.1 Å². The first-order valence-electron chi connectivity index (χ1n) is 10.7. The molecule has 0 spiro atoms. The fourth-order valence-electron chi connectivity index (χ4n) is 4.80. The molecular formula is C24H23ClFN5O2. The van der Waals surface area contributed by atoms with Gasteiger partial charge in [0.25, 0.3) is 5.91 Å². The lowest BCUT2D eigenvalue weighted by atomic mass is 9.88. The van der Waals surface area contributed by atoms with Gasteiger partial charge in [0.05, 0.1) is 36.1 Å². The lowest BCUT2D eigenvalue weighted by Crippen LogP contribution is -2.29. The van der Waals surface area contributed by atoms with Crippen LogP contribution in [-0.4, -0.2) is 49.3 Å². The quantitative estimate of drug-likeness (QED) is 0.461. The Bertz CT molecular complexity index is 1410. The molecule has 0 unspecified atom stereocenters. The monoisotopic (exact) mass is 467 g/mol. The summed E-state index contributed by atoms with van der Waals surface area (Å²) in [6.07, 6.45) is 3.61. The Morgan fingerprint density at radius 2 is 2.15 bits per heavy atom. The zero-order valence-electron chi connectivity index (χ0n) is 18.5. The number of H-pyrrole nitrogens is 1. The number of carbonyl (C=O) groups is 1. The molecule has 1 atom stereocenters. The van der Waals surface area contributed by atoms with Gasteiger partial charge in [-0.1, -0.05) is 18.5 Å². The minimum Gasteiger partial charge on any atom is -0.394 e. The highest BCUT2D eigenvalue weighted by molar-refractivity contribution is 6.32. The van der Waals surface area contributed by atoms with Crippen molar-refractivity contribution in [1.82, 2.24) is 24.6 Å². The summed E-state index contributed by atoms with van der Waals surface area (Å²) >= 11 is 6.44. The van der Waals surface area contributed by atoms with Crippen LogP contribution in [0.25, 0.3) is 22.2 Å². The van der Waals surface area contributed by atoms with E-state index >= 15 is 0 Å². The van der Waals surface area contributed by atoms with Gasteiger partial charge in [-0.15, -0.1) is 0 Å². The molecule has 3 aromatic heterocycles. The van der Waals surface area contributed by atoms with Crippen molar-refractivity contribution in [3.63, 3.8) is 0 Å². The van der Waals surface area contributed by atoms with Gasteiger partial charge in [0.1, 0.15) is 11.5 Å². The second kappa shape index (κ2) is 7.97. The van der Waals surface area contributed by atoms with Crippen LogP contribution in [0.5, 0.6) is 0 Å². The van der Waals surface area contributed by atoms with Crippen molar-refractivity contribution in [1.29, 1.82) is 0 Å². The third kappa shape index (κ3) is 3.32. The van der Waals surface area contributed by atoms with E-state index < -0.39 is 5.82 Å². The molecule has 9 heteroatoms. The highest BCUT2D eigenvalue weighted by Crippen LogP contribution is 2.40. The van der Waals surface area contributed by atoms with E-state index in [1.54, 1.807) is 22.8 Å². The van der Waals surface area contributed by atoms with E-state index in [9.17, 15) is 14.3 Å². The number of aryl methyl sites for hydroxylation is 1. The zero-order valence-corrected chi connectivity index (χ0v) is 19.2. The van der Waals surface area contributed by atoms with Crippen molar-refractivity contribution in [2.45, 2.75) is 32.9 Å². The van der Waals surface area contributed by atoms with Crippen molar-refractivity contribution in [2.24, 2.45) is 0 Å². The van der Waals surface area contributed by atoms with Gasteiger partial charge in [-0.05, 0) is 36.2 Å². The number of fused-ring (bicyclic) bond motifs is 4. The van der Waals surface area contributed by atoms with Crippen LogP contribution in [0, 0.1) is 12.7 Å². The molecule has 0 fully saturated rings. The van der Waals surface area contributed by atoms with Crippen LogP contribution in [0.1, 0.15) is 45.7 Å². The first-order chi connectivity index (χ1) is 15.8. The Morgan fingerprint density at radius 3 is 2.91 bits per heavy atom. The SMILES string of the molecule is Cc1nn(CCO)c2c1-c1cnc3[nH]cc(c3c1)[C@H](C)c1c(ccc(F)c1Cl)C(=O)N(C)C2. The maximum absolute atomic E-state index is 14.5. The largest absolute Gasteiger partial charge is 0.394 e. The molecule has 1 amide bonds. The molecule has 2 bridgehead atoms. The number of aliphatic hydroxyl groups is 1. The van der Waals surface area contributed by atoms with Crippen LogP contribution < -0.4 is 0 Å². The van der Waals surface area contributed by atoms with Gasteiger partial charge < -0.3 is 15.0 Å². The van der Waals surface area contributed by atoms with Gasteiger partial charge in [0.2, 0.25) is 0 Å². The van der Waals surface area contributed by atoms with E-state index in [-0.39, 0.29) is 30.0 Å². The van der Waals surface area contributed by atoms with E-state index in [1.165, 1.54) is 12.1 Å². The molecule has 4 heterocycles. The third-order valence-corrected chi connectivity index (χ3v) is 6.78. The van der Waals surface area contributed by atoms with Gasteiger partial charge in [0, 0.05) is 47.4 Å². The second-order valence-electron chi connectivity index (χ2n) is 8.42. The summed E-state index contributed by atoms with van der Waals surface area (Å²) in [5, 5.41) is 15.0. The summed E-state index contributed by atoms with van der Waals surface area (Å²) in [6, 6.07) is 4.76. The molecule has 4 aromatic rings. The molecule has 0 aliphatic carbocycles. The summed E-state index contributed by atoms with van der Waals surface area (Å²) in [5.74, 6) is -1.20.